The maximum Gasteiger partial charge on any atom is 0.410 e. The second kappa shape index (κ2) is 7.05. The van der Waals surface area contributed by atoms with Crippen molar-refractivity contribution in [1.82, 2.24) is 9.80 Å². The summed E-state index contributed by atoms with van der Waals surface area (Å²) in [5.74, 6) is 0. The molecule has 0 radical (unpaired) electrons. The summed E-state index contributed by atoms with van der Waals surface area (Å²) in [5, 5.41) is 10.1. The first-order chi connectivity index (χ1) is 12.2. The van der Waals surface area contributed by atoms with Gasteiger partial charge in [0.25, 0.3) is 0 Å². The van der Waals surface area contributed by atoms with Gasteiger partial charge in [-0.15, -0.1) is 0 Å². The maximum absolute atomic E-state index is 12.5. The summed E-state index contributed by atoms with van der Waals surface area (Å²) < 4.78 is 5.56. The van der Waals surface area contributed by atoms with Gasteiger partial charge in [-0.2, -0.15) is 0 Å². The molecule has 26 heavy (non-hydrogen) atoms. The normalized spacial score (nSPS) is 24.0. The molecule has 2 bridgehead atoms. The number of hydrogen-bond donors (Lipinski definition) is 1. The fourth-order valence-corrected chi connectivity index (χ4v) is 3.92. The molecule has 0 aromatic heterocycles. The lowest BCUT2D eigenvalue weighted by Crippen LogP contribution is -2.61. The summed E-state index contributed by atoms with van der Waals surface area (Å²) in [6.45, 7) is 8.94. The Labute approximate surface area is 156 Å². The fraction of sp³-hybridized carbons (Fsp3) is 0.571. The number of aliphatic hydroxyl groups excluding tert-OH is 1. The van der Waals surface area contributed by atoms with Gasteiger partial charge in [0.15, 0.2) is 0 Å². The molecule has 1 amide bonds. The smallest absolute Gasteiger partial charge is 0.410 e. The van der Waals surface area contributed by atoms with E-state index in [1.165, 1.54) is 16.7 Å². The summed E-state index contributed by atoms with van der Waals surface area (Å²) in [7, 11) is 2.09. The predicted octanol–water partition coefficient (Wildman–Crippen LogP) is 3.06. The Balaban J connectivity index is 1.89. The number of amides is 1. The van der Waals surface area contributed by atoms with Gasteiger partial charge in [0.05, 0.1) is 12.6 Å². The highest BCUT2D eigenvalue weighted by Gasteiger charge is 2.41. The number of carbonyl (C=O) groups is 1. The molecule has 1 aromatic carbocycles. The van der Waals surface area contributed by atoms with Crippen LogP contribution in [-0.2, 0) is 4.74 Å². The first-order valence-electron chi connectivity index (χ1n) is 9.29. The van der Waals surface area contributed by atoms with Crippen LogP contribution in [-0.4, -0.2) is 65.4 Å². The lowest BCUT2D eigenvalue weighted by Gasteiger charge is -2.49. The zero-order valence-electron chi connectivity index (χ0n) is 16.5. The number of carbonyl (C=O) groups excluding carboxylic acids is 1. The van der Waals surface area contributed by atoms with Crippen LogP contribution in [0.15, 0.2) is 29.8 Å². The molecule has 0 spiro atoms. The van der Waals surface area contributed by atoms with Crippen molar-refractivity contribution in [2.24, 2.45) is 0 Å². The summed E-state index contributed by atoms with van der Waals surface area (Å²) in [4.78, 5) is 16.6. The molecule has 2 aliphatic rings. The highest BCUT2D eigenvalue weighted by atomic mass is 16.6. The van der Waals surface area contributed by atoms with Crippen molar-refractivity contribution < 1.29 is 14.6 Å². The van der Waals surface area contributed by atoms with E-state index in [-0.39, 0.29) is 24.8 Å². The summed E-state index contributed by atoms with van der Waals surface area (Å²) in [6, 6.07) is 8.74. The Morgan fingerprint density at radius 1 is 1.23 bits per heavy atom. The Morgan fingerprint density at radius 3 is 2.46 bits per heavy atom. The fourth-order valence-electron chi connectivity index (χ4n) is 3.92. The molecule has 2 unspecified atom stereocenters. The summed E-state index contributed by atoms with van der Waals surface area (Å²) in [6.07, 6.45) is 0.558. The number of aliphatic hydroxyl groups is 1. The SMILES string of the molecule is Cc1ccc(C2=C(CO)C3CN(C(=O)OC(C)(C)C)CC(C2)N3C)cc1. The monoisotopic (exact) mass is 358 g/mol. The van der Waals surface area contributed by atoms with Crippen molar-refractivity contribution in [2.45, 2.75) is 51.8 Å². The number of rotatable bonds is 2. The van der Waals surface area contributed by atoms with Crippen molar-refractivity contribution in [3.63, 3.8) is 0 Å². The highest BCUT2D eigenvalue weighted by molar-refractivity contribution is 5.73. The minimum Gasteiger partial charge on any atom is -0.444 e. The lowest BCUT2D eigenvalue weighted by atomic mass is 9.82. The number of benzene rings is 1. The number of fused-ring (bicyclic) bond motifs is 2. The van der Waals surface area contributed by atoms with E-state index in [0.717, 1.165) is 12.0 Å². The Bertz CT molecular complexity index is 703. The molecule has 1 fully saturated rings. The van der Waals surface area contributed by atoms with Crippen LogP contribution in [0.2, 0.25) is 0 Å². The van der Waals surface area contributed by atoms with Gasteiger partial charge in [0.2, 0.25) is 0 Å². The molecule has 1 aromatic rings. The van der Waals surface area contributed by atoms with Gasteiger partial charge >= 0.3 is 6.09 Å². The number of piperazine rings is 1. The van der Waals surface area contributed by atoms with Crippen LogP contribution in [0.1, 0.15) is 38.3 Å². The predicted molar refractivity (Wildman–Crippen MR) is 103 cm³/mol. The third kappa shape index (κ3) is 3.79. The zero-order valence-corrected chi connectivity index (χ0v) is 16.5. The molecular weight excluding hydrogens is 328 g/mol. The van der Waals surface area contributed by atoms with E-state index >= 15 is 0 Å². The Kier molecular flexibility index (Phi) is 5.13. The molecule has 2 aliphatic heterocycles. The van der Waals surface area contributed by atoms with Crippen molar-refractivity contribution in [3.05, 3.63) is 41.0 Å². The third-order valence-electron chi connectivity index (χ3n) is 5.34. The molecule has 1 N–H and O–H groups in total. The number of aryl methyl sites for hydroxylation is 1. The van der Waals surface area contributed by atoms with Crippen LogP contribution >= 0.6 is 0 Å². The van der Waals surface area contributed by atoms with Crippen molar-refractivity contribution in [3.8, 4) is 0 Å². The standard InChI is InChI=1S/C21H30N2O3/c1-14-6-8-15(9-7-14)17-10-16-11-23(20(25)26-21(2,3)4)12-19(22(16)5)18(17)13-24/h6-9,16,19,24H,10-13H2,1-5H3. The van der Waals surface area contributed by atoms with Gasteiger partial charge in [-0.05, 0) is 57.9 Å². The lowest BCUT2D eigenvalue weighted by molar-refractivity contribution is -0.00424. The zero-order chi connectivity index (χ0) is 19.1. The molecule has 0 aliphatic carbocycles. The minimum absolute atomic E-state index is 0.00704. The molecule has 5 heteroatoms. The summed E-state index contributed by atoms with van der Waals surface area (Å²) >= 11 is 0. The third-order valence-corrected chi connectivity index (χ3v) is 5.34. The maximum atomic E-state index is 12.5. The largest absolute Gasteiger partial charge is 0.444 e. The van der Waals surface area contributed by atoms with E-state index in [2.05, 4.69) is 43.1 Å². The minimum atomic E-state index is -0.502. The van der Waals surface area contributed by atoms with Gasteiger partial charge in [-0.3, -0.25) is 4.90 Å². The van der Waals surface area contributed by atoms with E-state index in [4.69, 9.17) is 4.74 Å². The number of nitrogens with zero attached hydrogens (tertiary/aromatic N) is 2. The highest BCUT2D eigenvalue weighted by Crippen LogP contribution is 2.37. The Morgan fingerprint density at radius 2 is 1.88 bits per heavy atom. The van der Waals surface area contributed by atoms with Crippen molar-refractivity contribution >= 4 is 11.7 Å². The van der Waals surface area contributed by atoms with Crippen LogP contribution in [0.3, 0.4) is 0 Å². The van der Waals surface area contributed by atoms with Crippen molar-refractivity contribution in [2.75, 3.05) is 26.7 Å². The first kappa shape index (κ1) is 18.9. The summed E-state index contributed by atoms with van der Waals surface area (Å²) in [5.41, 5.74) is 4.14. The quantitative estimate of drug-likeness (QED) is 0.883. The number of hydrogen-bond acceptors (Lipinski definition) is 4. The average Bonchev–Trinajstić information content (AvgIpc) is 2.54. The molecular formula is C21H30N2O3. The van der Waals surface area contributed by atoms with Crippen LogP contribution in [0.4, 0.5) is 4.79 Å². The molecule has 5 nitrogen and oxygen atoms in total. The first-order valence-corrected chi connectivity index (χ1v) is 9.29. The van der Waals surface area contributed by atoms with Crippen LogP contribution in [0.25, 0.3) is 5.57 Å². The number of ether oxygens (including phenoxy) is 1. The van der Waals surface area contributed by atoms with Gasteiger partial charge in [0.1, 0.15) is 5.60 Å². The van der Waals surface area contributed by atoms with E-state index < -0.39 is 5.60 Å². The van der Waals surface area contributed by atoms with Crippen LogP contribution < -0.4 is 0 Å². The van der Waals surface area contributed by atoms with Gasteiger partial charge in [-0.25, -0.2) is 4.79 Å². The van der Waals surface area contributed by atoms with E-state index in [1.807, 2.05) is 20.8 Å². The van der Waals surface area contributed by atoms with Gasteiger partial charge < -0.3 is 14.7 Å². The number of likely N-dealkylation sites (N-methyl/N-ethyl adjacent to an activating group) is 1. The average molecular weight is 358 g/mol. The Hall–Kier alpha value is -1.85. The second-order valence-electron chi connectivity index (χ2n) is 8.45. The van der Waals surface area contributed by atoms with Crippen LogP contribution in [0, 0.1) is 6.92 Å². The second-order valence-corrected chi connectivity index (χ2v) is 8.45. The molecule has 1 saturated heterocycles. The van der Waals surface area contributed by atoms with Crippen LogP contribution in [0.5, 0.6) is 0 Å². The van der Waals surface area contributed by atoms with Gasteiger partial charge in [0, 0.05) is 19.1 Å². The van der Waals surface area contributed by atoms with Crippen molar-refractivity contribution in [1.29, 1.82) is 0 Å². The molecule has 2 heterocycles. The molecule has 142 valence electrons. The van der Waals surface area contributed by atoms with Gasteiger partial charge in [-0.1, -0.05) is 29.8 Å². The van der Waals surface area contributed by atoms with E-state index in [9.17, 15) is 9.90 Å². The molecule has 0 saturated carbocycles. The van der Waals surface area contributed by atoms with E-state index in [0.29, 0.717) is 13.1 Å². The molecule has 2 atom stereocenters. The topological polar surface area (TPSA) is 53.0 Å². The van der Waals surface area contributed by atoms with E-state index in [1.54, 1.807) is 4.90 Å². The molecule has 3 rings (SSSR count).